The normalized spacial score (nSPS) is 13.4. The van der Waals surface area contributed by atoms with Crippen molar-refractivity contribution in [2.45, 2.75) is 151 Å². The Morgan fingerprint density at radius 1 is 0.411 bits per heavy atom. The minimum Gasteiger partial charge on any atom is -0.0892 e. The van der Waals surface area contributed by atoms with E-state index in [2.05, 4.69) is 114 Å². The second kappa shape index (κ2) is 15.9. The van der Waals surface area contributed by atoms with Gasteiger partial charge in [-0.25, -0.2) is 0 Å². The van der Waals surface area contributed by atoms with E-state index in [9.17, 15) is 0 Å². The van der Waals surface area contributed by atoms with E-state index in [0.29, 0.717) is 0 Å². The first-order chi connectivity index (χ1) is 27.4. The largest absolute Gasteiger partial charge is 0.0892 e. The molecule has 7 aromatic carbocycles. The third kappa shape index (κ3) is 6.57. The van der Waals surface area contributed by atoms with E-state index in [1.165, 1.54) is 184 Å². The van der Waals surface area contributed by atoms with Gasteiger partial charge in [0, 0.05) is 19.6 Å². The van der Waals surface area contributed by atoms with Crippen LogP contribution in [-0.2, 0) is 25.7 Å². The van der Waals surface area contributed by atoms with Crippen LogP contribution in [0.4, 0.5) is 0 Å². The maximum atomic E-state index is 2.67. The topological polar surface area (TPSA) is 0 Å². The minimum atomic E-state index is 1.02. The molecule has 286 valence electrons. The van der Waals surface area contributed by atoms with Gasteiger partial charge in [-0.15, -0.1) is 0 Å². The Labute approximate surface area is 344 Å². The van der Waals surface area contributed by atoms with Crippen LogP contribution in [0.15, 0.2) is 92.4 Å². The van der Waals surface area contributed by atoms with Crippen molar-refractivity contribution in [3.05, 3.63) is 128 Å². The van der Waals surface area contributed by atoms with Gasteiger partial charge in [-0.05, 0) is 201 Å². The van der Waals surface area contributed by atoms with Gasteiger partial charge in [0.15, 0.2) is 0 Å². The van der Waals surface area contributed by atoms with E-state index in [0.717, 1.165) is 12.8 Å². The molecule has 9 rings (SSSR count). The second-order valence-electron chi connectivity index (χ2n) is 17.1. The molecule has 2 aliphatic heterocycles. The van der Waals surface area contributed by atoms with Gasteiger partial charge >= 0.3 is 0 Å². The van der Waals surface area contributed by atoms with Gasteiger partial charge in [0.1, 0.15) is 0 Å². The van der Waals surface area contributed by atoms with Crippen molar-refractivity contribution in [3.63, 3.8) is 0 Å². The standard InChI is InChI=1S/C54H58S2/c1-7-9-11-13-15-23-39-40(24-16-14-12-10-8-2)48-31-43-35(5)53-46(28-38-22-18-19-25-51(38)55-53)34(4)42(43)30-49(48)50-32-44-36(6)54-45(33(3)41(44)29-47(39)50)27-37-21-17-20-26-52(37)56-54/h17-22,25-26,29-32H,7-16,23-24,27-28H2,1-6H3. The fourth-order valence-electron chi connectivity index (χ4n) is 10.3. The van der Waals surface area contributed by atoms with Crippen LogP contribution in [0.1, 0.15) is 134 Å². The summed E-state index contributed by atoms with van der Waals surface area (Å²) in [6, 6.07) is 28.7. The van der Waals surface area contributed by atoms with Crippen molar-refractivity contribution < 1.29 is 0 Å². The zero-order chi connectivity index (χ0) is 38.5. The zero-order valence-corrected chi connectivity index (χ0v) is 36.3. The Bertz CT molecular complexity index is 2470. The molecule has 0 saturated carbocycles. The van der Waals surface area contributed by atoms with Gasteiger partial charge in [-0.2, -0.15) is 0 Å². The first-order valence-corrected chi connectivity index (χ1v) is 23.4. The average molecular weight is 771 g/mol. The first-order valence-electron chi connectivity index (χ1n) is 21.8. The summed E-state index contributed by atoms with van der Waals surface area (Å²) in [6.07, 6.45) is 17.5. The van der Waals surface area contributed by atoms with Crippen LogP contribution in [0.25, 0.3) is 43.1 Å². The van der Waals surface area contributed by atoms with Crippen LogP contribution in [0, 0.1) is 27.7 Å². The summed E-state index contributed by atoms with van der Waals surface area (Å²) in [4.78, 5) is 5.82. The molecule has 0 N–H and O–H groups in total. The Hall–Kier alpha value is -3.72. The number of hydrogen-bond acceptors (Lipinski definition) is 2. The van der Waals surface area contributed by atoms with E-state index in [1.807, 2.05) is 23.5 Å². The lowest BCUT2D eigenvalue weighted by molar-refractivity contribution is 0.623. The highest BCUT2D eigenvalue weighted by atomic mass is 32.2. The Kier molecular flexibility index (Phi) is 10.7. The minimum absolute atomic E-state index is 1.02. The predicted octanol–water partition coefficient (Wildman–Crippen LogP) is 16.7. The molecule has 56 heavy (non-hydrogen) atoms. The fourth-order valence-corrected chi connectivity index (χ4v) is 12.8. The molecule has 0 amide bonds. The maximum Gasteiger partial charge on any atom is 0.0196 e. The van der Waals surface area contributed by atoms with E-state index in [-0.39, 0.29) is 0 Å². The smallest absolute Gasteiger partial charge is 0.0196 e. The third-order valence-corrected chi connectivity index (χ3v) is 16.3. The fraction of sp³-hybridized carbons (Fsp3) is 0.370. The van der Waals surface area contributed by atoms with Crippen LogP contribution in [0.2, 0.25) is 0 Å². The van der Waals surface area contributed by atoms with Crippen LogP contribution in [0.5, 0.6) is 0 Å². The molecule has 0 aliphatic carbocycles. The molecule has 0 fully saturated rings. The highest BCUT2D eigenvalue weighted by Crippen LogP contribution is 2.50. The van der Waals surface area contributed by atoms with E-state index < -0.39 is 0 Å². The Morgan fingerprint density at radius 3 is 1.21 bits per heavy atom. The number of fused-ring (bicyclic) bond motifs is 9. The Balaban J connectivity index is 1.32. The van der Waals surface area contributed by atoms with Crippen molar-refractivity contribution in [2.75, 3.05) is 0 Å². The monoisotopic (exact) mass is 770 g/mol. The molecule has 0 aromatic heterocycles. The van der Waals surface area contributed by atoms with Gasteiger partial charge in [-0.1, -0.05) is 125 Å². The molecule has 0 atom stereocenters. The van der Waals surface area contributed by atoms with Crippen molar-refractivity contribution in [3.8, 4) is 0 Å². The van der Waals surface area contributed by atoms with E-state index >= 15 is 0 Å². The average Bonchev–Trinajstić information content (AvgIpc) is 3.23. The summed E-state index contributed by atoms with van der Waals surface area (Å²) in [5.74, 6) is 0. The molecule has 2 heteroatoms. The number of aryl methyl sites for hydroxylation is 6. The molecule has 2 heterocycles. The van der Waals surface area contributed by atoms with E-state index in [4.69, 9.17) is 0 Å². The zero-order valence-electron chi connectivity index (χ0n) is 34.6. The van der Waals surface area contributed by atoms with Crippen molar-refractivity contribution >= 4 is 66.6 Å². The van der Waals surface area contributed by atoms with Crippen LogP contribution < -0.4 is 0 Å². The second-order valence-corrected chi connectivity index (χ2v) is 19.2. The van der Waals surface area contributed by atoms with Crippen LogP contribution >= 0.6 is 23.5 Å². The molecule has 0 saturated heterocycles. The molecule has 0 nitrogen and oxygen atoms in total. The number of benzene rings is 7. The number of rotatable bonds is 12. The predicted molar refractivity (Wildman–Crippen MR) is 247 cm³/mol. The van der Waals surface area contributed by atoms with Gasteiger partial charge in [-0.3, -0.25) is 0 Å². The molecular weight excluding hydrogens is 713 g/mol. The summed E-state index contributed by atoms with van der Waals surface area (Å²) in [6.45, 7) is 14.3. The summed E-state index contributed by atoms with van der Waals surface area (Å²) in [5, 5.41) is 11.8. The Morgan fingerprint density at radius 2 is 0.786 bits per heavy atom. The summed E-state index contributed by atoms with van der Waals surface area (Å²) in [5.41, 5.74) is 15.2. The highest BCUT2D eigenvalue weighted by molar-refractivity contribution is 7.99. The van der Waals surface area contributed by atoms with Gasteiger partial charge in [0.05, 0.1) is 0 Å². The maximum absolute atomic E-state index is 2.67. The van der Waals surface area contributed by atoms with Gasteiger partial charge < -0.3 is 0 Å². The van der Waals surface area contributed by atoms with Crippen LogP contribution in [-0.4, -0.2) is 0 Å². The highest BCUT2D eigenvalue weighted by Gasteiger charge is 2.26. The number of hydrogen-bond donors (Lipinski definition) is 0. The summed E-state index contributed by atoms with van der Waals surface area (Å²) in [7, 11) is 0. The molecule has 0 bridgehead atoms. The number of unbranched alkanes of at least 4 members (excludes halogenated alkanes) is 8. The summed E-state index contributed by atoms with van der Waals surface area (Å²) >= 11 is 4.00. The molecule has 7 aromatic rings. The molecular formula is C54H58S2. The van der Waals surface area contributed by atoms with Gasteiger partial charge in [0.2, 0.25) is 0 Å². The third-order valence-electron chi connectivity index (χ3n) is 13.5. The molecule has 0 unspecified atom stereocenters. The summed E-state index contributed by atoms with van der Waals surface area (Å²) < 4.78 is 0. The van der Waals surface area contributed by atoms with Gasteiger partial charge in [0.25, 0.3) is 0 Å². The van der Waals surface area contributed by atoms with Crippen molar-refractivity contribution in [2.24, 2.45) is 0 Å². The molecule has 2 aliphatic rings. The first kappa shape index (κ1) is 37.8. The lowest BCUT2D eigenvalue weighted by atomic mass is 9.82. The quantitative estimate of drug-likeness (QED) is 0.0689. The van der Waals surface area contributed by atoms with Crippen molar-refractivity contribution in [1.82, 2.24) is 0 Å². The molecule has 0 radical (unpaired) electrons. The lowest BCUT2D eigenvalue weighted by Gasteiger charge is -2.27. The van der Waals surface area contributed by atoms with E-state index in [1.54, 1.807) is 11.1 Å². The van der Waals surface area contributed by atoms with Crippen molar-refractivity contribution in [1.29, 1.82) is 0 Å². The molecule has 0 spiro atoms. The SMILES string of the molecule is CCCCCCCc1c(CCCCCCC)c2cc3c(C)c4c(c(C)c3cc2c2cc3c(C)c5c(c(C)c3cc12)Sc1ccccc1C5)Sc1ccccc1C4. The van der Waals surface area contributed by atoms with Crippen LogP contribution in [0.3, 0.4) is 0 Å². The lowest BCUT2D eigenvalue weighted by Crippen LogP contribution is -2.06.